The molecule has 3 rings (SSSR count). The number of nitrogens with zero attached hydrogens (tertiary/aromatic N) is 3. The van der Waals surface area contributed by atoms with Crippen LogP contribution in [0.15, 0.2) is 10.6 Å². The van der Waals surface area contributed by atoms with Crippen molar-refractivity contribution >= 4 is 11.8 Å². The molecule has 0 radical (unpaired) electrons. The van der Waals surface area contributed by atoms with E-state index in [1.165, 1.54) is 0 Å². The lowest BCUT2D eigenvalue weighted by molar-refractivity contribution is -0.133. The third-order valence-corrected chi connectivity index (χ3v) is 4.43. The largest absolute Gasteiger partial charge is 0.368 e. The molecule has 1 aromatic heterocycles. The van der Waals surface area contributed by atoms with E-state index in [2.05, 4.69) is 5.16 Å². The Bertz CT molecular complexity index is 571. The summed E-state index contributed by atoms with van der Waals surface area (Å²) in [5, 5.41) is 3.85. The molecule has 3 heterocycles. The number of fused-ring (bicyclic) bond motifs is 1. The Kier molecular flexibility index (Phi) is 4.15. The van der Waals surface area contributed by atoms with E-state index in [0.29, 0.717) is 37.5 Å². The minimum Gasteiger partial charge on any atom is -0.368 e. The predicted molar refractivity (Wildman–Crippen MR) is 77.3 cm³/mol. The first-order chi connectivity index (χ1) is 10.6. The first-order valence-electron chi connectivity index (χ1n) is 7.69. The average molecular weight is 307 g/mol. The van der Waals surface area contributed by atoms with Gasteiger partial charge in [0.2, 0.25) is 5.91 Å². The summed E-state index contributed by atoms with van der Waals surface area (Å²) in [6.07, 6.45) is 1.50. The maximum atomic E-state index is 12.5. The summed E-state index contributed by atoms with van der Waals surface area (Å²) in [6, 6.07) is 1.70. The Morgan fingerprint density at radius 3 is 3.00 bits per heavy atom. The zero-order valence-electron chi connectivity index (χ0n) is 12.9. The SMILES string of the molecule is CCc1cc(C(=O)N2CC[C@@H]3OCC(=O)N(C)C[C@H]3C2)no1. The van der Waals surface area contributed by atoms with Gasteiger partial charge in [-0.05, 0) is 6.42 Å². The molecule has 22 heavy (non-hydrogen) atoms. The molecule has 2 fully saturated rings. The number of rotatable bonds is 2. The molecule has 1 aromatic rings. The Morgan fingerprint density at radius 2 is 2.27 bits per heavy atom. The van der Waals surface area contributed by atoms with Crippen LogP contribution in [0.25, 0.3) is 0 Å². The van der Waals surface area contributed by atoms with Gasteiger partial charge in [-0.3, -0.25) is 9.59 Å². The number of carbonyl (C=O) groups is 2. The lowest BCUT2D eigenvalue weighted by Gasteiger charge is -2.37. The molecule has 2 amide bonds. The van der Waals surface area contributed by atoms with E-state index in [-0.39, 0.29) is 30.4 Å². The second kappa shape index (κ2) is 6.08. The topological polar surface area (TPSA) is 75.9 Å². The van der Waals surface area contributed by atoms with Crippen molar-refractivity contribution in [1.82, 2.24) is 15.0 Å². The van der Waals surface area contributed by atoms with E-state index in [1.54, 1.807) is 22.9 Å². The van der Waals surface area contributed by atoms with Crippen molar-refractivity contribution < 1.29 is 18.8 Å². The predicted octanol–water partition coefficient (Wildman–Crippen LogP) is 0.556. The first kappa shape index (κ1) is 15.0. The van der Waals surface area contributed by atoms with Crippen molar-refractivity contribution in [3.05, 3.63) is 17.5 Å². The molecule has 2 aliphatic rings. The number of aryl methyl sites for hydroxylation is 1. The fraction of sp³-hybridized carbons (Fsp3) is 0.667. The molecule has 0 unspecified atom stereocenters. The molecule has 0 aromatic carbocycles. The number of hydrogen-bond acceptors (Lipinski definition) is 5. The highest BCUT2D eigenvalue weighted by Crippen LogP contribution is 2.24. The molecule has 0 aliphatic carbocycles. The van der Waals surface area contributed by atoms with Crippen LogP contribution in [-0.2, 0) is 16.0 Å². The van der Waals surface area contributed by atoms with Crippen LogP contribution < -0.4 is 0 Å². The summed E-state index contributed by atoms with van der Waals surface area (Å²) in [4.78, 5) is 27.7. The number of hydrogen-bond donors (Lipinski definition) is 0. The third-order valence-electron chi connectivity index (χ3n) is 4.43. The lowest BCUT2D eigenvalue weighted by Crippen LogP contribution is -2.48. The highest BCUT2D eigenvalue weighted by Gasteiger charge is 2.36. The molecule has 2 aliphatic heterocycles. The van der Waals surface area contributed by atoms with Crippen LogP contribution >= 0.6 is 0 Å². The highest BCUT2D eigenvalue weighted by molar-refractivity contribution is 5.92. The van der Waals surface area contributed by atoms with Gasteiger partial charge in [0.1, 0.15) is 12.4 Å². The van der Waals surface area contributed by atoms with Crippen LogP contribution in [0.1, 0.15) is 29.6 Å². The van der Waals surface area contributed by atoms with Crippen molar-refractivity contribution in [2.45, 2.75) is 25.9 Å². The average Bonchev–Trinajstić information content (AvgIpc) is 2.96. The van der Waals surface area contributed by atoms with Gasteiger partial charge in [-0.1, -0.05) is 12.1 Å². The van der Waals surface area contributed by atoms with Crippen LogP contribution in [0.5, 0.6) is 0 Å². The number of likely N-dealkylation sites (N-methyl/N-ethyl adjacent to an activating group) is 1. The van der Waals surface area contributed by atoms with Gasteiger partial charge in [0.05, 0.1) is 6.10 Å². The summed E-state index contributed by atoms with van der Waals surface area (Å²) in [7, 11) is 1.78. The van der Waals surface area contributed by atoms with E-state index >= 15 is 0 Å². The maximum Gasteiger partial charge on any atom is 0.276 e. The van der Waals surface area contributed by atoms with E-state index in [9.17, 15) is 9.59 Å². The van der Waals surface area contributed by atoms with Crippen LogP contribution in [0.3, 0.4) is 0 Å². The number of likely N-dealkylation sites (tertiary alicyclic amines) is 1. The number of carbonyl (C=O) groups excluding carboxylic acids is 2. The molecule has 0 N–H and O–H groups in total. The standard InChI is InChI=1S/C15H21N3O4/c1-3-11-6-12(16-22-11)15(20)18-5-4-13-10(8-18)7-17(2)14(19)9-21-13/h6,10,13H,3-5,7-9H2,1-2H3/t10-,13-/m0/s1. The summed E-state index contributed by atoms with van der Waals surface area (Å²) >= 11 is 0. The van der Waals surface area contributed by atoms with Crippen LogP contribution in [0.2, 0.25) is 0 Å². The minimum atomic E-state index is -0.111. The Labute approximate surface area is 129 Å². The molecular weight excluding hydrogens is 286 g/mol. The summed E-state index contributed by atoms with van der Waals surface area (Å²) in [5.74, 6) is 0.740. The molecule has 2 saturated heterocycles. The van der Waals surface area contributed by atoms with E-state index in [0.717, 1.165) is 6.42 Å². The Morgan fingerprint density at radius 1 is 1.45 bits per heavy atom. The molecule has 0 saturated carbocycles. The number of amides is 2. The monoisotopic (exact) mass is 307 g/mol. The van der Waals surface area contributed by atoms with E-state index in [1.807, 2.05) is 6.92 Å². The van der Waals surface area contributed by atoms with Crippen molar-refractivity contribution in [2.75, 3.05) is 33.3 Å². The van der Waals surface area contributed by atoms with Crippen molar-refractivity contribution in [1.29, 1.82) is 0 Å². The Hall–Kier alpha value is -1.89. The van der Waals surface area contributed by atoms with Gasteiger partial charge in [0.15, 0.2) is 5.69 Å². The fourth-order valence-electron chi connectivity index (χ4n) is 3.07. The van der Waals surface area contributed by atoms with Crippen molar-refractivity contribution in [3.8, 4) is 0 Å². The number of piperidine rings is 1. The lowest BCUT2D eigenvalue weighted by atomic mass is 9.94. The van der Waals surface area contributed by atoms with Gasteiger partial charge in [0, 0.05) is 45.1 Å². The first-order valence-corrected chi connectivity index (χ1v) is 7.69. The number of aromatic nitrogens is 1. The van der Waals surface area contributed by atoms with Gasteiger partial charge < -0.3 is 19.1 Å². The van der Waals surface area contributed by atoms with Gasteiger partial charge in [0.25, 0.3) is 5.91 Å². The molecule has 7 nitrogen and oxygen atoms in total. The van der Waals surface area contributed by atoms with Crippen molar-refractivity contribution in [2.24, 2.45) is 5.92 Å². The van der Waals surface area contributed by atoms with E-state index < -0.39 is 0 Å². The van der Waals surface area contributed by atoms with Gasteiger partial charge in [-0.15, -0.1) is 0 Å². The molecule has 120 valence electrons. The second-order valence-electron chi connectivity index (χ2n) is 5.96. The maximum absolute atomic E-state index is 12.5. The Balaban J connectivity index is 1.69. The normalized spacial score (nSPS) is 25.8. The summed E-state index contributed by atoms with van der Waals surface area (Å²) in [6.45, 7) is 3.90. The molecule has 2 atom stereocenters. The van der Waals surface area contributed by atoms with Gasteiger partial charge in [-0.25, -0.2) is 0 Å². The van der Waals surface area contributed by atoms with Crippen LogP contribution in [0.4, 0.5) is 0 Å². The minimum absolute atomic E-state index is 0.00337. The second-order valence-corrected chi connectivity index (χ2v) is 5.96. The highest BCUT2D eigenvalue weighted by atomic mass is 16.5. The number of ether oxygens (including phenoxy) is 1. The smallest absolute Gasteiger partial charge is 0.276 e. The van der Waals surface area contributed by atoms with Gasteiger partial charge in [-0.2, -0.15) is 0 Å². The molecule has 7 heteroatoms. The molecular formula is C15H21N3O4. The van der Waals surface area contributed by atoms with Crippen LogP contribution in [-0.4, -0.2) is 66.2 Å². The summed E-state index contributed by atoms with van der Waals surface area (Å²) < 4.78 is 10.8. The van der Waals surface area contributed by atoms with E-state index in [4.69, 9.17) is 9.26 Å². The molecule has 0 bridgehead atoms. The quantitative estimate of drug-likeness (QED) is 0.798. The summed E-state index contributed by atoms with van der Waals surface area (Å²) in [5.41, 5.74) is 0.356. The van der Waals surface area contributed by atoms with Crippen LogP contribution in [0, 0.1) is 5.92 Å². The molecule has 0 spiro atoms. The fourth-order valence-corrected chi connectivity index (χ4v) is 3.07. The van der Waals surface area contributed by atoms with Gasteiger partial charge >= 0.3 is 0 Å². The zero-order valence-corrected chi connectivity index (χ0v) is 12.9. The third kappa shape index (κ3) is 2.85. The van der Waals surface area contributed by atoms with Crippen molar-refractivity contribution in [3.63, 3.8) is 0 Å². The zero-order chi connectivity index (χ0) is 15.7.